The molecule has 1 aliphatic carbocycles. The largest absolute Gasteiger partial charge is 0.386 e. The standard InChI is InChI=1S/C16H14BrNOS/c17-13-6-8-20-14(13)15(19)16(10-18)7-5-11-3-1-2-4-12(11)9-16/h1-4,6,8,15,19H,5,7,9H2. The molecule has 0 bridgehead atoms. The zero-order valence-corrected chi connectivity index (χ0v) is 13.2. The maximum absolute atomic E-state index is 10.7. The summed E-state index contributed by atoms with van der Waals surface area (Å²) in [5.74, 6) is 0. The highest BCUT2D eigenvalue weighted by molar-refractivity contribution is 9.10. The Balaban J connectivity index is 1.99. The number of rotatable bonds is 2. The van der Waals surface area contributed by atoms with Crippen LogP contribution < -0.4 is 0 Å². The van der Waals surface area contributed by atoms with Crippen LogP contribution in [-0.2, 0) is 12.8 Å². The number of benzene rings is 1. The van der Waals surface area contributed by atoms with Gasteiger partial charge in [-0.15, -0.1) is 11.3 Å². The Hall–Kier alpha value is -1.15. The topological polar surface area (TPSA) is 44.0 Å². The summed E-state index contributed by atoms with van der Waals surface area (Å²) in [6.45, 7) is 0. The van der Waals surface area contributed by atoms with E-state index in [4.69, 9.17) is 0 Å². The van der Waals surface area contributed by atoms with Gasteiger partial charge in [0.05, 0.1) is 11.5 Å². The van der Waals surface area contributed by atoms with E-state index in [0.717, 1.165) is 15.8 Å². The third kappa shape index (κ3) is 2.20. The highest BCUT2D eigenvalue weighted by atomic mass is 79.9. The molecule has 0 saturated carbocycles. The van der Waals surface area contributed by atoms with Crippen LogP contribution in [0.1, 0.15) is 28.5 Å². The lowest BCUT2D eigenvalue weighted by Gasteiger charge is -2.36. The summed E-state index contributed by atoms with van der Waals surface area (Å²) in [6, 6.07) is 12.5. The van der Waals surface area contributed by atoms with Gasteiger partial charge in [-0.05, 0) is 57.8 Å². The average molecular weight is 348 g/mol. The number of hydrogen-bond donors (Lipinski definition) is 1. The number of thiophene rings is 1. The molecular weight excluding hydrogens is 334 g/mol. The Bertz CT molecular complexity index is 675. The Kier molecular flexibility index (Phi) is 3.68. The minimum atomic E-state index is -0.741. The highest BCUT2D eigenvalue weighted by Gasteiger charge is 2.43. The summed E-state index contributed by atoms with van der Waals surface area (Å²) in [4.78, 5) is 0.853. The van der Waals surface area contributed by atoms with Gasteiger partial charge in [0, 0.05) is 9.35 Å². The number of nitrogens with zero attached hydrogens (tertiary/aromatic N) is 1. The molecule has 2 nitrogen and oxygen atoms in total. The van der Waals surface area contributed by atoms with Crippen LogP contribution in [0.5, 0.6) is 0 Å². The Morgan fingerprint density at radius 1 is 1.30 bits per heavy atom. The second kappa shape index (κ2) is 5.33. The summed E-state index contributed by atoms with van der Waals surface area (Å²) >= 11 is 4.96. The molecule has 0 amide bonds. The van der Waals surface area contributed by atoms with Gasteiger partial charge in [-0.1, -0.05) is 24.3 Å². The molecule has 3 rings (SSSR count). The average Bonchev–Trinajstić information content (AvgIpc) is 2.92. The first-order valence-corrected chi connectivity index (χ1v) is 8.22. The van der Waals surface area contributed by atoms with Crippen molar-refractivity contribution in [2.75, 3.05) is 0 Å². The number of aliphatic hydroxyl groups excluding tert-OH is 1. The predicted octanol–water partition coefficient (Wildman–Crippen LogP) is 4.24. The number of hydrogen-bond acceptors (Lipinski definition) is 3. The molecule has 2 aromatic rings. The van der Waals surface area contributed by atoms with Gasteiger partial charge in [0.2, 0.25) is 0 Å². The minimum Gasteiger partial charge on any atom is -0.386 e. The first-order chi connectivity index (χ1) is 9.66. The van der Waals surface area contributed by atoms with Crippen LogP contribution in [0.15, 0.2) is 40.2 Å². The monoisotopic (exact) mass is 347 g/mol. The van der Waals surface area contributed by atoms with E-state index in [9.17, 15) is 10.4 Å². The van der Waals surface area contributed by atoms with Crippen LogP contribution in [0, 0.1) is 16.7 Å². The SMILES string of the molecule is N#CC1(C(O)c2sccc2Br)CCc2ccccc2C1. The molecule has 1 N–H and O–H groups in total. The molecular formula is C16H14BrNOS. The molecule has 20 heavy (non-hydrogen) atoms. The van der Waals surface area contributed by atoms with E-state index in [-0.39, 0.29) is 0 Å². The summed E-state index contributed by atoms with van der Waals surface area (Å²) in [5.41, 5.74) is 1.77. The Labute approximate surface area is 130 Å². The van der Waals surface area contributed by atoms with Gasteiger partial charge in [0.1, 0.15) is 6.10 Å². The van der Waals surface area contributed by atoms with Gasteiger partial charge in [-0.25, -0.2) is 0 Å². The van der Waals surface area contributed by atoms with Crippen LogP contribution >= 0.6 is 27.3 Å². The molecule has 1 aromatic heterocycles. The van der Waals surface area contributed by atoms with Crippen molar-refractivity contribution in [3.05, 3.63) is 56.2 Å². The summed E-state index contributed by atoms with van der Waals surface area (Å²) < 4.78 is 0.892. The lowest BCUT2D eigenvalue weighted by Crippen LogP contribution is -2.33. The molecule has 2 atom stereocenters. The fourth-order valence-electron chi connectivity index (χ4n) is 2.90. The van der Waals surface area contributed by atoms with E-state index < -0.39 is 11.5 Å². The molecule has 0 spiro atoms. The lowest BCUT2D eigenvalue weighted by atomic mass is 9.69. The van der Waals surface area contributed by atoms with Gasteiger partial charge < -0.3 is 5.11 Å². The molecule has 0 aliphatic heterocycles. The van der Waals surface area contributed by atoms with Crippen LogP contribution in [0.4, 0.5) is 0 Å². The van der Waals surface area contributed by atoms with Crippen molar-refractivity contribution in [1.29, 1.82) is 5.26 Å². The summed E-state index contributed by atoms with van der Waals surface area (Å²) in [7, 11) is 0. The molecule has 0 saturated heterocycles. The normalized spacial score (nSPS) is 22.9. The number of nitriles is 1. The lowest BCUT2D eigenvalue weighted by molar-refractivity contribution is 0.0550. The van der Waals surface area contributed by atoms with E-state index in [1.807, 2.05) is 23.6 Å². The van der Waals surface area contributed by atoms with Crippen molar-refractivity contribution < 1.29 is 5.11 Å². The Morgan fingerprint density at radius 2 is 2.05 bits per heavy atom. The summed E-state index contributed by atoms with van der Waals surface area (Å²) in [6.07, 6.45) is 1.43. The minimum absolute atomic E-state index is 0.616. The smallest absolute Gasteiger partial charge is 0.108 e. The fraction of sp³-hybridized carbons (Fsp3) is 0.312. The fourth-order valence-corrected chi connectivity index (χ4v) is 4.59. The van der Waals surface area contributed by atoms with Gasteiger partial charge in [0.25, 0.3) is 0 Å². The molecule has 1 heterocycles. The van der Waals surface area contributed by atoms with Crippen LogP contribution in [-0.4, -0.2) is 5.11 Å². The number of halogens is 1. The van der Waals surface area contributed by atoms with E-state index in [0.29, 0.717) is 12.8 Å². The molecule has 1 aliphatic rings. The highest BCUT2D eigenvalue weighted by Crippen LogP contribution is 2.47. The van der Waals surface area contributed by atoms with Crippen molar-refractivity contribution in [3.8, 4) is 6.07 Å². The quantitative estimate of drug-likeness (QED) is 0.882. The third-order valence-corrected chi connectivity index (χ3v) is 6.03. The van der Waals surface area contributed by atoms with E-state index in [1.165, 1.54) is 22.5 Å². The molecule has 2 unspecified atom stereocenters. The van der Waals surface area contributed by atoms with E-state index in [2.05, 4.69) is 34.1 Å². The van der Waals surface area contributed by atoms with Gasteiger partial charge >= 0.3 is 0 Å². The second-order valence-corrected chi connectivity index (χ2v) is 7.05. The van der Waals surface area contributed by atoms with Crippen molar-refractivity contribution in [1.82, 2.24) is 0 Å². The van der Waals surface area contributed by atoms with Gasteiger partial charge in [-0.2, -0.15) is 5.26 Å². The molecule has 1 aromatic carbocycles. The zero-order valence-electron chi connectivity index (χ0n) is 10.8. The van der Waals surface area contributed by atoms with Crippen molar-refractivity contribution in [2.45, 2.75) is 25.4 Å². The maximum Gasteiger partial charge on any atom is 0.108 e. The van der Waals surface area contributed by atoms with Crippen LogP contribution in [0.3, 0.4) is 0 Å². The maximum atomic E-state index is 10.7. The molecule has 0 fully saturated rings. The van der Waals surface area contributed by atoms with E-state index >= 15 is 0 Å². The molecule has 102 valence electrons. The van der Waals surface area contributed by atoms with E-state index in [1.54, 1.807) is 0 Å². The van der Waals surface area contributed by atoms with Crippen molar-refractivity contribution in [2.24, 2.45) is 5.41 Å². The van der Waals surface area contributed by atoms with Crippen molar-refractivity contribution in [3.63, 3.8) is 0 Å². The van der Waals surface area contributed by atoms with Gasteiger partial charge in [0.15, 0.2) is 0 Å². The van der Waals surface area contributed by atoms with Gasteiger partial charge in [-0.3, -0.25) is 0 Å². The van der Waals surface area contributed by atoms with Crippen LogP contribution in [0.25, 0.3) is 0 Å². The van der Waals surface area contributed by atoms with Crippen molar-refractivity contribution >= 4 is 27.3 Å². The summed E-state index contributed by atoms with van der Waals surface area (Å²) in [5, 5.41) is 22.4. The predicted molar refractivity (Wildman–Crippen MR) is 83.5 cm³/mol. The first kappa shape index (κ1) is 13.8. The molecule has 4 heteroatoms. The number of aryl methyl sites for hydroxylation is 1. The second-order valence-electron chi connectivity index (χ2n) is 5.25. The number of fused-ring (bicyclic) bond motifs is 1. The van der Waals surface area contributed by atoms with Crippen LogP contribution in [0.2, 0.25) is 0 Å². The zero-order chi connectivity index (χ0) is 14.2. The molecule has 0 radical (unpaired) electrons. The first-order valence-electron chi connectivity index (χ1n) is 6.55. The third-order valence-electron chi connectivity index (χ3n) is 4.10. The Morgan fingerprint density at radius 3 is 2.70 bits per heavy atom. The number of aliphatic hydroxyl groups is 1.